The van der Waals surface area contributed by atoms with Crippen molar-refractivity contribution in [2.45, 2.75) is 39.8 Å². The van der Waals surface area contributed by atoms with Crippen LogP contribution in [0.15, 0.2) is 84.5 Å². The van der Waals surface area contributed by atoms with Gasteiger partial charge in [-0.3, -0.25) is 9.59 Å². The zero-order valence-electron chi connectivity index (χ0n) is 22.4. The summed E-state index contributed by atoms with van der Waals surface area (Å²) in [5.41, 5.74) is 5.45. The van der Waals surface area contributed by atoms with Gasteiger partial charge in [-0.1, -0.05) is 67.9 Å². The largest absolute Gasteiger partial charge is 0.490 e. The highest BCUT2D eigenvalue weighted by Crippen LogP contribution is 2.34. The fourth-order valence-corrected chi connectivity index (χ4v) is 4.04. The van der Waals surface area contributed by atoms with Crippen LogP contribution in [-0.4, -0.2) is 30.7 Å². The van der Waals surface area contributed by atoms with Gasteiger partial charge >= 0.3 is 0 Å². The number of hydrogen-bond donors (Lipinski definition) is 2. The monoisotopic (exact) mass is 547 g/mol. The number of carbonyl (C=O) groups is 2. The predicted octanol–water partition coefficient (Wildman–Crippen LogP) is 5.95. The molecular formula is C31H34ClN3O4. The summed E-state index contributed by atoms with van der Waals surface area (Å²) in [5.74, 6) is 0.261. The van der Waals surface area contributed by atoms with Crippen LogP contribution in [0.1, 0.15) is 47.8 Å². The van der Waals surface area contributed by atoms with Crippen LogP contribution >= 0.6 is 11.6 Å². The maximum absolute atomic E-state index is 12.9. The first-order valence-corrected chi connectivity index (χ1v) is 13.2. The molecule has 3 rings (SSSR count). The van der Waals surface area contributed by atoms with Crippen LogP contribution < -0.4 is 20.2 Å². The second kappa shape index (κ2) is 14.7. The number of ether oxygens (including phenoxy) is 2. The molecule has 0 fully saturated rings. The third kappa shape index (κ3) is 8.45. The van der Waals surface area contributed by atoms with Crippen molar-refractivity contribution in [1.29, 1.82) is 0 Å². The lowest BCUT2D eigenvalue weighted by atomic mass is 10.0. The molecule has 0 aliphatic heterocycles. The molecule has 0 aliphatic carbocycles. The van der Waals surface area contributed by atoms with E-state index >= 15 is 0 Å². The van der Waals surface area contributed by atoms with E-state index < -0.39 is 11.9 Å². The highest BCUT2D eigenvalue weighted by Gasteiger charge is 2.24. The fraction of sp³-hybridized carbons (Fsp3) is 0.258. The highest BCUT2D eigenvalue weighted by atomic mass is 35.5. The van der Waals surface area contributed by atoms with Gasteiger partial charge in [-0.15, -0.1) is 6.58 Å². The minimum absolute atomic E-state index is 0.147. The van der Waals surface area contributed by atoms with Crippen LogP contribution in [0.4, 0.5) is 0 Å². The highest BCUT2D eigenvalue weighted by molar-refractivity contribution is 6.31. The lowest BCUT2D eigenvalue weighted by Gasteiger charge is -2.20. The number of carbonyl (C=O) groups excluding carboxylic acids is 2. The summed E-state index contributed by atoms with van der Waals surface area (Å²) in [7, 11) is 0. The lowest BCUT2D eigenvalue weighted by molar-refractivity contribution is -0.123. The third-order valence-electron chi connectivity index (χ3n) is 5.81. The minimum Gasteiger partial charge on any atom is -0.490 e. The molecule has 0 saturated carbocycles. The Balaban J connectivity index is 1.76. The van der Waals surface area contributed by atoms with E-state index in [2.05, 4.69) is 22.4 Å². The summed E-state index contributed by atoms with van der Waals surface area (Å²) >= 11 is 6.30. The van der Waals surface area contributed by atoms with Crippen molar-refractivity contribution in [3.8, 4) is 11.5 Å². The Morgan fingerprint density at radius 2 is 1.74 bits per heavy atom. The van der Waals surface area contributed by atoms with Gasteiger partial charge in [0.25, 0.3) is 11.8 Å². The van der Waals surface area contributed by atoms with Gasteiger partial charge < -0.3 is 14.8 Å². The average Bonchev–Trinajstić information content (AvgIpc) is 2.92. The molecule has 3 aromatic carbocycles. The number of amides is 2. The molecule has 0 saturated heterocycles. The normalized spacial score (nSPS) is 11.7. The van der Waals surface area contributed by atoms with Crippen molar-refractivity contribution in [1.82, 2.24) is 10.7 Å². The molecule has 0 spiro atoms. The number of hydrazone groups is 1. The Bertz CT molecular complexity index is 1310. The zero-order valence-corrected chi connectivity index (χ0v) is 23.2. The molecular weight excluding hydrogens is 514 g/mol. The molecule has 2 N–H and O–H groups in total. The van der Waals surface area contributed by atoms with E-state index in [1.54, 1.807) is 36.4 Å². The van der Waals surface area contributed by atoms with Crippen molar-refractivity contribution >= 4 is 29.6 Å². The van der Waals surface area contributed by atoms with Gasteiger partial charge in [-0.05, 0) is 55.2 Å². The first-order valence-electron chi connectivity index (χ1n) is 12.8. The summed E-state index contributed by atoms with van der Waals surface area (Å²) in [6, 6.07) is 19.2. The van der Waals surface area contributed by atoms with Gasteiger partial charge in [-0.25, -0.2) is 5.43 Å². The fourth-order valence-electron chi connectivity index (χ4n) is 3.85. The Kier molecular flexibility index (Phi) is 11.1. The number of nitrogens with one attached hydrogen (secondary N) is 2. The Morgan fingerprint density at radius 3 is 2.41 bits per heavy atom. The molecule has 8 heteroatoms. The van der Waals surface area contributed by atoms with Crippen LogP contribution in [0, 0.1) is 5.92 Å². The zero-order chi connectivity index (χ0) is 28.2. The summed E-state index contributed by atoms with van der Waals surface area (Å²) in [4.78, 5) is 25.5. The van der Waals surface area contributed by atoms with Gasteiger partial charge in [0, 0.05) is 21.7 Å². The van der Waals surface area contributed by atoms with Gasteiger partial charge in [0.15, 0.2) is 11.5 Å². The van der Waals surface area contributed by atoms with E-state index in [4.69, 9.17) is 21.1 Å². The molecule has 39 heavy (non-hydrogen) atoms. The number of halogens is 1. The Labute approximate surface area is 234 Å². The number of rotatable bonds is 13. The quantitative estimate of drug-likeness (QED) is 0.157. The Morgan fingerprint density at radius 1 is 1.03 bits per heavy atom. The first-order chi connectivity index (χ1) is 18.8. The lowest BCUT2D eigenvalue weighted by Crippen LogP contribution is -2.48. The van der Waals surface area contributed by atoms with Gasteiger partial charge in [0.2, 0.25) is 0 Å². The maximum Gasteiger partial charge on any atom is 0.262 e. The maximum atomic E-state index is 12.9. The van der Waals surface area contributed by atoms with Gasteiger partial charge in [0.05, 0.1) is 12.8 Å². The van der Waals surface area contributed by atoms with E-state index in [0.29, 0.717) is 40.7 Å². The summed E-state index contributed by atoms with van der Waals surface area (Å²) in [5, 5.41) is 7.56. The topological polar surface area (TPSA) is 89.0 Å². The predicted molar refractivity (Wildman–Crippen MR) is 156 cm³/mol. The van der Waals surface area contributed by atoms with E-state index in [1.807, 2.05) is 57.2 Å². The summed E-state index contributed by atoms with van der Waals surface area (Å²) < 4.78 is 12.0. The van der Waals surface area contributed by atoms with E-state index in [0.717, 1.165) is 11.1 Å². The molecule has 0 aromatic heterocycles. The number of hydrogen-bond acceptors (Lipinski definition) is 5. The average molecular weight is 548 g/mol. The molecule has 0 bridgehead atoms. The van der Waals surface area contributed by atoms with Crippen molar-refractivity contribution in [2.24, 2.45) is 11.0 Å². The van der Waals surface area contributed by atoms with Gasteiger partial charge in [-0.2, -0.15) is 5.10 Å². The summed E-state index contributed by atoms with van der Waals surface area (Å²) in [6.07, 6.45) is 3.84. The van der Waals surface area contributed by atoms with Crippen LogP contribution in [0.5, 0.6) is 11.5 Å². The minimum atomic E-state index is -0.759. The molecule has 1 unspecified atom stereocenters. The first kappa shape index (κ1) is 29.5. The second-order valence-electron chi connectivity index (χ2n) is 9.11. The number of benzene rings is 3. The van der Waals surface area contributed by atoms with E-state index in [1.165, 1.54) is 6.21 Å². The Hall–Kier alpha value is -4.10. The number of allylic oxidation sites excluding steroid dienone is 1. The molecule has 7 nitrogen and oxygen atoms in total. The molecule has 204 valence electrons. The van der Waals surface area contributed by atoms with Crippen molar-refractivity contribution in [3.05, 3.63) is 107 Å². The number of nitrogens with zero attached hydrogens (tertiary/aromatic N) is 1. The third-order valence-corrected chi connectivity index (χ3v) is 6.18. The van der Waals surface area contributed by atoms with Crippen LogP contribution in [-0.2, 0) is 17.8 Å². The van der Waals surface area contributed by atoms with Crippen molar-refractivity contribution in [3.63, 3.8) is 0 Å². The van der Waals surface area contributed by atoms with E-state index in [-0.39, 0.29) is 18.4 Å². The smallest absolute Gasteiger partial charge is 0.262 e. The van der Waals surface area contributed by atoms with Crippen LogP contribution in [0.2, 0.25) is 5.02 Å². The SMILES string of the molecule is C=CCc1cc(/C=N/NC(=O)C(NC(=O)c2ccccc2)C(C)C)cc(OCC)c1OCc1ccccc1Cl. The van der Waals surface area contributed by atoms with Crippen LogP contribution in [0.25, 0.3) is 0 Å². The van der Waals surface area contributed by atoms with E-state index in [9.17, 15) is 9.59 Å². The second-order valence-corrected chi connectivity index (χ2v) is 9.52. The standard InChI is InChI=1S/C31H34ClN3O4/c1-5-12-24-17-22(18-27(38-6-2)29(24)39-20-25-15-10-11-16-26(25)32)19-33-35-31(37)28(21(3)4)34-30(36)23-13-8-7-9-14-23/h5,7-11,13-19,21,28H,1,6,12,20H2,2-4H3,(H,34,36)(H,35,37)/b33-19+. The molecule has 0 radical (unpaired) electrons. The van der Waals surface area contributed by atoms with Crippen LogP contribution in [0.3, 0.4) is 0 Å². The van der Waals surface area contributed by atoms with Crippen molar-refractivity contribution < 1.29 is 19.1 Å². The molecule has 0 heterocycles. The molecule has 1 atom stereocenters. The molecule has 0 aliphatic rings. The van der Waals surface area contributed by atoms with Crippen molar-refractivity contribution in [2.75, 3.05) is 6.61 Å². The molecule has 3 aromatic rings. The molecule has 2 amide bonds. The summed E-state index contributed by atoms with van der Waals surface area (Å²) in [6.45, 7) is 10.2. The van der Waals surface area contributed by atoms with Gasteiger partial charge in [0.1, 0.15) is 12.6 Å².